The number of halogens is 2. The molecule has 0 aliphatic heterocycles. The largest absolute Gasteiger partial charge is 0.377 e. The summed E-state index contributed by atoms with van der Waals surface area (Å²) in [5, 5.41) is 0. The van der Waals surface area contributed by atoms with Crippen LogP contribution >= 0.6 is 0 Å². The molecule has 0 aliphatic carbocycles. The molecule has 2 N–H and O–H groups in total. The van der Waals surface area contributed by atoms with Crippen molar-refractivity contribution in [2.75, 3.05) is 7.11 Å². The Hall–Kier alpha value is -1.00. The standard InChI is InChI=1S/C14H21F2NO/c1-4-14(5-2,18-3)13(17)8-10-6-11(15)9-12(16)7-10/h6-7,9,13H,4-5,8,17H2,1-3H3. The third-order valence-corrected chi connectivity index (χ3v) is 3.66. The third-order valence-electron chi connectivity index (χ3n) is 3.66. The zero-order valence-electron chi connectivity index (χ0n) is 11.2. The van der Waals surface area contributed by atoms with Gasteiger partial charge in [-0.15, -0.1) is 0 Å². The van der Waals surface area contributed by atoms with Gasteiger partial charge in [-0.3, -0.25) is 0 Å². The summed E-state index contributed by atoms with van der Waals surface area (Å²) in [6.07, 6.45) is 1.92. The summed E-state index contributed by atoms with van der Waals surface area (Å²) in [5.41, 5.74) is 6.26. The lowest BCUT2D eigenvalue weighted by Crippen LogP contribution is -2.50. The minimum absolute atomic E-state index is 0.293. The number of nitrogens with two attached hydrogens (primary N) is 1. The van der Waals surface area contributed by atoms with Crippen molar-refractivity contribution in [3.8, 4) is 0 Å². The molecule has 0 amide bonds. The number of hydrogen-bond donors (Lipinski definition) is 1. The van der Waals surface area contributed by atoms with Gasteiger partial charge < -0.3 is 10.5 Å². The summed E-state index contributed by atoms with van der Waals surface area (Å²) in [6, 6.07) is 3.19. The zero-order chi connectivity index (χ0) is 13.8. The van der Waals surface area contributed by atoms with E-state index in [9.17, 15) is 8.78 Å². The fraction of sp³-hybridized carbons (Fsp3) is 0.571. The van der Waals surface area contributed by atoms with Crippen LogP contribution in [0.15, 0.2) is 18.2 Å². The molecule has 0 bridgehead atoms. The highest BCUT2D eigenvalue weighted by molar-refractivity contribution is 5.19. The van der Waals surface area contributed by atoms with E-state index in [1.807, 2.05) is 13.8 Å². The van der Waals surface area contributed by atoms with Gasteiger partial charge >= 0.3 is 0 Å². The van der Waals surface area contributed by atoms with Crippen molar-refractivity contribution in [2.24, 2.45) is 5.73 Å². The lowest BCUT2D eigenvalue weighted by Gasteiger charge is -2.36. The lowest BCUT2D eigenvalue weighted by molar-refractivity contribution is -0.0374. The molecule has 0 aromatic heterocycles. The predicted octanol–water partition coefficient (Wildman–Crippen LogP) is 3.04. The van der Waals surface area contributed by atoms with E-state index in [0.717, 1.165) is 18.9 Å². The summed E-state index contributed by atoms with van der Waals surface area (Å²) >= 11 is 0. The van der Waals surface area contributed by atoms with E-state index in [4.69, 9.17) is 10.5 Å². The Kier molecular flexibility index (Phi) is 5.23. The van der Waals surface area contributed by atoms with Gasteiger partial charge in [0.2, 0.25) is 0 Å². The van der Waals surface area contributed by atoms with Gasteiger partial charge in [0.15, 0.2) is 0 Å². The highest BCUT2D eigenvalue weighted by Crippen LogP contribution is 2.25. The highest BCUT2D eigenvalue weighted by atomic mass is 19.1. The van der Waals surface area contributed by atoms with Crippen LogP contribution in [0.4, 0.5) is 8.78 Å². The number of methoxy groups -OCH3 is 1. The number of benzene rings is 1. The molecule has 0 fully saturated rings. The Bertz CT molecular complexity index is 363. The molecular weight excluding hydrogens is 236 g/mol. The first-order valence-corrected chi connectivity index (χ1v) is 6.23. The van der Waals surface area contributed by atoms with E-state index in [1.54, 1.807) is 7.11 Å². The quantitative estimate of drug-likeness (QED) is 0.850. The molecule has 0 aliphatic rings. The fourth-order valence-electron chi connectivity index (χ4n) is 2.38. The third kappa shape index (κ3) is 3.27. The number of hydrogen-bond acceptors (Lipinski definition) is 2. The summed E-state index contributed by atoms with van der Waals surface area (Å²) in [7, 11) is 1.62. The van der Waals surface area contributed by atoms with Crippen LogP contribution in [0, 0.1) is 11.6 Å². The van der Waals surface area contributed by atoms with Gasteiger partial charge in [-0.1, -0.05) is 13.8 Å². The smallest absolute Gasteiger partial charge is 0.126 e. The van der Waals surface area contributed by atoms with Crippen LogP contribution in [0.2, 0.25) is 0 Å². The van der Waals surface area contributed by atoms with Gasteiger partial charge in [0.1, 0.15) is 11.6 Å². The fourth-order valence-corrected chi connectivity index (χ4v) is 2.38. The van der Waals surface area contributed by atoms with Crippen LogP contribution in [0.1, 0.15) is 32.3 Å². The number of ether oxygens (including phenoxy) is 1. The van der Waals surface area contributed by atoms with Gasteiger partial charge in [0.05, 0.1) is 5.60 Å². The molecule has 1 aromatic rings. The molecule has 1 rings (SSSR count). The second-order valence-corrected chi connectivity index (χ2v) is 4.56. The van der Waals surface area contributed by atoms with E-state index < -0.39 is 17.2 Å². The topological polar surface area (TPSA) is 35.2 Å². The maximum Gasteiger partial charge on any atom is 0.126 e. The molecule has 0 radical (unpaired) electrons. The minimum Gasteiger partial charge on any atom is -0.377 e. The van der Waals surface area contributed by atoms with Gasteiger partial charge in [0, 0.05) is 19.2 Å². The maximum absolute atomic E-state index is 13.1. The molecule has 0 spiro atoms. The van der Waals surface area contributed by atoms with Crippen molar-refractivity contribution in [1.82, 2.24) is 0 Å². The normalized spacial score (nSPS) is 13.7. The van der Waals surface area contributed by atoms with Crippen molar-refractivity contribution in [1.29, 1.82) is 0 Å². The maximum atomic E-state index is 13.1. The SMILES string of the molecule is CCC(CC)(OC)C(N)Cc1cc(F)cc(F)c1. The molecular formula is C14H21F2NO. The van der Waals surface area contributed by atoms with Crippen LogP contribution in [0.5, 0.6) is 0 Å². The first-order valence-electron chi connectivity index (χ1n) is 6.23. The minimum atomic E-state index is -0.576. The molecule has 4 heteroatoms. The molecule has 102 valence electrons. The van der Waals surface area contributed by atoms with Crippen molar-refractivity contribution < 1.29 is 13.5 Å². The molecule has 0 saturated heterocycles. The lowest BCUT2D eigenvalue weighted by atomic mass is 9.85. The second kappa shape index (κ2) is 6.25. The van der Waals surface area contributed by atoms with Gasteiger partial charge in [-0.2, -0.15) is 0 Å². The molecule has 0 heterocycles. The average Bonchev–Trinajstić information content (AvgIpc) is 2.30. The Labute approximate surface area is 107 Å². The van der Waals surface area contributed by atoms with Crippen LogP contribution in [-0.4, -0.2) is 18.8 Å². The Morgan fingerprint density at radius 2 is 1.67 bits per heavy atom. The summed E-state index contributed by atoms with van der Waals surface area (Å²) in [6.45, 7) is 4.00. The van der Waals surface area contributed by atoms with Crippen molar-refractivity contribution >= 4 is 0 Å². The predicted molar refractivity (Wildman–Crippen MR) is 68.4 cm³/mol. The van der Waals surface area contributed by atoms with E-state index >= 15 is 0 Å². The van der Waals surface area contributed by atoms with Gasteiger partial charge in [-0.05, 0) is 37.0 Å². The molecule has 1 atom stereocenters. The van der Waals surface area contributed by atoms with Crippen molar-refractivity contribution in [3.63, 3.8) is 0 Å². The summed E-state index contributed by atoms with van der Waals surface area (Å²) < 4.78 is 31.7. The second-order valence-electron chi connectivity index (χ2n) is 4.56. The van der Waals surface area contributed by atoms with Crippen molar-refractivity contribution in [3.05, 3.63) is 35.4 Å². The van der Waals surface area contributed by atoms with Crippen LogP contribution in [0.3, 0.4) is 0 Å². The van der Waals surface area contributed by atoms with Crippen LogP contribution in [-0.2, 0) is 11.2 Å². The van der Waals surface area contributed by atoms with E-state index in [2.05, 4.69) is 0 Å². The van der Waals surface area contributed by atoms with Crippen LogP contribution < -0.4 is 5.73 Å². The Morgan fingerprint density at radius 3 is 2.06 bits per heavy atom. The van der Waals surface area contributed by atoms with E-state index in [0.29, 0.717) is 12.0 Å². The first-order chi connectivity index (χ1) is 8.47. The summed E-state index contributed by atoms with van der Waals surface area (Å²) in [5.74, 6) is -1.15. The molecule has 1 aromatic carbocycles. The first kappa shape index (κ1) is 15.1. The molecule has 1 unspecified atom stereocenters. The Balaban J connectivity index is 2.88. The highest BCUT2D eigenvalue weighted by Gasteiger charge is 2.33. The van der Waals surface area contributed by atoms with E-state index in [-0.39, 0.29) is 6.04 Å². The summed E-state index contributed by atoms with van der Waals surface area (Å²) in [4.78, 5) is 0. The van der Waals surface area contributed by atoms with Gasteiger partial charge in [-0.25, -0.2) is 8.78 Å². The molecule has 2 nitrogen and oxygen atoms in total. The molecule has 18 heavy (non-hydrogen) atoms. The number of rotatable bonds is 6. The average molecular weight is 257 g/mol. The molecule has 0 saturated carbocycles. The van der Waals surface area contributed by atoms with Crippen molar-refractivity contribution in [2.45, 2.75) is 44.8 Å². The Morgan fingerprint density at radius 1 is 1.17 bits per heavy atom. The van der Waals surface area contributed by atoms with Crippen LogP contribution in [0.25, 0.3) is 0 Å². The zero-order valence-corrected chi connectivity index (χ0v) is 11.2. The monoisotopic (exact) mass is 257 g/mol. The van der Waals surface area contributed by atoms with E-state index in [1.165, 1.54) is 12.1 Å². The van der Waals surface area contributed by atoms with Gasteiger partial charge in [0.25, 0.3) is 0 Å².